The van der Waals surface area contributed by atoms with Gasteiger partial charge in [-0.2, -0.15) is 0 Å². The Hall–Kier alpha value is -3.64. The molecule has 0 bridgehead atoms. The van der Waals surface area contributed by atoms with E-state index < -0.39 is 17.6 Å². The van der Waals surface area contributed by atoms with Crippen molar-refractivity contribution in [3.05, 3.63) is 95.6 Å². The van der Waals surface area contributed by atoms with Gasteiger partial charge in [-0.1, -0.05) is 78.9 Å². The summed E-state index contributed by atoms with van der Waals surface area (Å²) < 4.78 is 11.3. The van der Waals surface area contributed by atoms with E-state index in [4.69, 9.17) is 9.47 Å². The molecule has 1 aliphatic carbocycles. The van der Waals surface area contributed by atoms with Crippen LogP contribution >= 0.6 is 0 Å². The summed E-state index contributed by atoms with van der Waals surface area (Å²) in [5.74, 6) is -1.09. The predicted molar refractivity (Wildman–Crippen MR) is 125 cm³/mol. The first kappa shape index (κ1) is 22.6. The first-order valence-electron chi connectivity index (χ1n) is 10.9. The van der Waals surface area contributed by atoms with E-state index in [0.717, 1.165) is 27.8 Å². The van der Waals surface area contributed by atoms with E-state index in [-0.39, 0.29) is 25.6 Å². The summed E-state index contributed by atoms with van der Waals surface area (Å²) in [7, 11) is 0. The molecule has 6 heteroatoms. The maximum atomic E-state index is 12.7. The lowest BCUT2D eigenvalue weighted by atomic mass is 9.98. The van der Waals surface area contributed by atoms with E-state index >= 15 is 0 Å². The maximum absolute atomic E-state index is 12.7. The van der Waals surface area contributed by atoms with E-state index in [2.05, 4.69) is 17.4 Å². The Labute approximate surface area is 193 Å². The van der Waals surface area contributed by atoms with Crippen molar-refractivity contribution in [1.82, 2.24) is 5.32 Å². The van der Waals surface area contributed by atoms with Gasteiger partial charge >= 0.3 is 12.1 Å². The van der Waals surface area contributed by atoms with Gasteiger partial charge < -0.3 is 19.9 Å². The topological polar surface area (TPSA) is 84.9 Å². The fourth-order valence-corrected chi connectivity index (χ4v) is 4.31. The van der Waals surface area contributed by atoms with Crippen molar-refractivity contribution in [2.45, 2.75) is 31.4 Å². The van der Waals surface area contributed by atoms with E-state index in [1.54, 1.807) is 6.92 Å². The zero-order valence-corrected chi connectivity index (χ0v) is 18.5. The Morgan fingerprint density at radius 2 is 1.48 bits per heavy atom. The number of carbonyl (C=O) groups excluding carboxylic acids is 1. The minimum Gasteiger partial charge on any atom is -0.481 e. The molecule has 2 N–H and O–H groups in total. The quantitative estimate of drug-likeness (QED) is 0.486. The lowest BCUT2D eigenvalue weighted by Crippen LogP contribution is -2.51. The molecule has 6 nitrogen and oxygen atoms in total. The molecule has 0 spiro atoms. The van der Waals surface area contributed by atoms with Gasteiger partial charge in [0.25, 0.3) is 0 Å². The van der Waals surface area contributed by atoms with Crippen molar-refractivity contribution in [2.24, 2.45) is 0 Å². The molecule has 4 rings (SSSR count). The number of benzene rings is 3. The van der Waals surface area contributed by atoms with Gasteiger partial charge in [-0.3, -0.25) is 4.79 Å². The molecule has 0 saturated heterocycles. The molecule has 1 amide bonds. The number of alkyl carbamates (subject to hydrolysis) is 1. The van der Waals surface area contributed by atoms with Crippen LogP contribution in [0.15, 0.2) is 78.9 Å². The number of amides is 1. The fourth-order valence-electron chi connectivity index (χ4n) is 4.31. The fraction of sp³-hybridized carbons (Fsp3) is 0.259. The van der Waals surface area contributed by atoms with Gasteiger partial charge in [0.15, 0.2) is 0 Å². The molecule has 0 aromatic heterocycles. The third kappa shape index (κ3) is 5.41. The molecule has 3 aromatic carbocycles. The number of fused-ring (bicyclic) bond motifs is 3. The summed E-state index contributed by atoms with van der Waals surface area (Å²) in [6, 6.07) is 25.8. The molecule has 3 aromatic rings. The van der Waals surface area contributed by atoms with Gasteiger partial charge in [0.2, 0.25) is 0 Å². The summed E-state index contributed by atoms with van der Waals surface area (Å²) in [5, 5.41) is 12.1. The molecule has 33 heavy (non-hydrogen) atoms. The minimum atomic E-state index is -1.11. The summed E-state index contributed by atoms with van der Waals surface area (Å²) >= 11 is 0. The van der Waals surface area contributed by atoms with Crippen LogP contribution in [0.2, 0.25) is 0 Å². The lowest BCUT2D eigenvalue weighted by Gasteiger charge is -2.29. The standard InChI is InChI=1S/C27H27NO5/c1-27(15-25(29)30,18-32-16-19-9-3-2-4-10-19)28-26(31)33-17-24-22-13-7-5-11-20(22)21-12-6-8-14-23(21)24/h2-14,24H,15-18H2,1H3,(H,28,31)(H,29,30). The number of carboxylic acids is 1. The monoisotopic (exact) mass is 445 g/mol. The number of nitrogens with one attached hydrogen (secondary N) is 1. The van der Waals surface area contributed by atoms with Gasteiger partial charge in [-0.05, 0) is 34.7 Å². The van der Waals surface area contributed by atoms with Crippen molar-refractivity contribution < 1.29 is 24.2 Å². The largest absolute Gasteiger partial charge is 0.481 e. The Morgan fingerprint density at radius 1 is 0.909 bits per heavy atom. The van der Waals surface area contributed by atoms with Gasteiger partial charge in [0.1, 0.15) is 6.61 Å². The SMILES string of the molecule is CC(COCc1ccccc1)(CC(=O)O)NC(=O)OCC1c2ccccc2-c2ccccc21. The first-order chi connectivity index (χ1) is 16.0. The normalized spacial score (nSPS) is 14.1. The molecule has 0 heterocycles. The van der Waals surface area contributed by atoms with Crippen LogP contribution in [-0.2, 0) is 20.9 Å². The number of hydrogen-bond acceptors (Lipinski definition) is 4. The number of ether oxygens (including phenoxy) is 2. The van der Waals surface area contributed by atoms with Crippen molar-refractivity contribution in [1.29, 1.82) is 0 Å². The molecule has 0 fully saturated rings. The zero-order chi connectivity index (χ0) is 23.3. The number of hydrogen-bond donors (Lipinski definition) is 2. The van der Waals surface area contributed by atoms with Gasteiger partial charge in [0, 0.05) is 5.92 Å². The Balaban J connectivity index is 1.39. The number of aliphatic carboxylic acids is 1. The summed E-state index contributed by atoms with van der Waals surface area (Å²) in [6.45, 7) is 2.17. The number of carboxylic acid groups (broad SMARTS) is 1. The number of carbonyl (C=O) groups is 2. The highest BCUT2D eigenvalue weighted by Gasteiger charge is 2.33. The van der Waals surface area contributed by atoms with Crippen LogP contribution in [0, 0.1) is 0 Å². The van der Waals surface area contributed by atoms with Crippen LogP contribution in [-0.4, -0.2) is 35.9 Å². The lowest BCUT2D eigenvalue weighted by molar-refractivity contribution is -0.139. The third-order valence-electron chi connectivity index (χ3n) is 5.82. The Morgan fingerprint density at radius 3 is 2.09 bits per heavy atom. The average molecular weight is 446 g/mol. The first-order valence-corrected chi connectivity index (χ1v) is 10.9. The average Bonchev–Trinajstić information content (AvgIpc) is 3.11. The van der Waals surface area contributed by atoms with Gasteiger partial charge in [0.05, 0.1) is 25.2 Å². The van der Waals surface area contributed by atoms with Gasteiger partial charge in [-0.15, -0.1) is 0 Å². The Bertz CT molecular complexity index is 1080. The maximum Gasteiger partial charge on any atom is 0.407 e. The molecule has 0 radical (unpaired) electrons. The van der Waals surface area contributed by atoms with Crippen LogP contribution in [0.5, 0.6) is 0 Å². The zero-order valence-electron chi connectivity index (χ0n) is 18.5. The van der Waals surface area contributed by atoms with E-state index in [1.807, 2.05) is 66.7 Å². The van der Waals surface area contributed by atoms with E-state index in [1.165, 1.54) is 0 Å². The van der Waals surface area contributed by atoms with Gasteiger partial charge in [-0.25, -0.2) is 4.79 Å². The van der Waals surface area contributed by atoms with E-state index in [9.17, 15) is 14.7 Å². The second kappa shape index (κ2) is 9.88. The van der Waals surface area contributed by atoms with Crippen LogP contribution in [0.3, 0.4) is 0 Å². The van der Waals surface area contributed by atoms with Crippen LogP contribution < -0.4 is 5.32 Å². The highest BCUT2D eigenvalue weighted by Crippen LogP contribution is 2.44. The Kier molecular flexibility index (Phi) is 6.75. The molecule has 1 unspecified atom stereocenters. The van der Waals surface area contributed by atoms with Crippen molar-refractivity contribution in [3.63, 3.8) is 0 Å². The van der Waals surface area contributed by atoms with Crippen molar-refractivity contribution in [3.8, 4) is 11.1 Å². The highest BCUT2D eigenvalue weighted by atomic mass is 16.5. The molecule has 1 atom stereocenters. The minimum absolute atomic E-state index is 0.0401. The second-order valence-electron chi connectivity index (χ2n) is 8.56. The predicted octanol–water partition coefficient (Wildman–Crippen LogP) is 4.98. The summed E-state index contributed by atoms with van der Waals surface area (Å²) in [6.07, 6.45) is -0.949. The molecule has 170 valence electrons. The van der Waals surface area contributed by atoms with Crippen molar-refractivity contribution in [2.75, 3.05) is 13.2 Å². The molecule has 0 aliphatic heterocycles. The number of rotatable bonds is 9. The third-order valence-corrected chi connectivity index (χ3v) is 5.82. The van der Waals surface area contributed by atoms with Crippen LogP contribution in [0.4, 0.5) is 4.79 Å². The molecular weight excluding hydrogens is 418 g/mol. The summed E-state index contributed by atoms with van der Waals surface area (Å²) in [4.78, 5) is 24.1. The van der Waals surface area contributed by atoms with Crippen LogP contribution in [0.25, 0.3) is 11.1 Å². The highest BCUT2D eigenvalue weighted by molar-refractivity contribution is 5.79. The molecule has 0 saturated carbocycles. The van der Waals surface area contributed by atoms with Crippen molar-refractivity contribution >= 4 is 12.1 Å². The molecule has 1 aliphatic rings. The molecular formula is C27H27NO5. The van der Waals surface area contributed by atoms with Crippen LogP contribution in [0.1, 0.15) is 36.0 Å². The smallest absolute Gasteiger partial charge is 0.407 e. The summed E-state index contributed by atoms with van der Waals surface area (Å²) in [5.41, 5.74) is 4.39. The second-order valence-corrected chi connectivity index (χ2v) is 8.56. The van der Waals surface area contributed by atoms with E-state index in [0.29, 0.717) is 6.61 Å².